The van der Waals surface area contributed by atoms with Crippen molar-refractivity contribution in [2.45, 2.75) is 106 Å². The van der Waals surface area contributed by atoms with Crippen LogP contribution in [0.15, 0.2) is 23.3 Å². The average molecular weight is 471 g/mol. The highest BCUT2D eigenvalue weighted by molar-refractivity contribution is 5.86. The van der Waals surface area contributed by atoms with Crippen molar-refractivity contribution < 1.29 is 19.8 Å². The van der Waals surface area contributed by atoms with Crippen molar-refractivity contribution >= 4 is 11.8 Å². The van der Waals surface area contributed by atoms with E-state index in [-0.39, 0.29) is 21.7 Å². The highest BCUT2D eigenvalue weighted by Gasteiger charge is 2.67. The number of ketones is 1. The molecule has 4 nitrogen and oxygen atoms in total. The molecule has 0 aromatic heterocycles. The molecular weight excluding hydrogens is 424 g/mol. The smallest absolute Gasteiger partial charge is 0.330 e. The van der Waals surface area contributed by atoms with Gasteiger partial charge in [0, 0.05) is 22.8 Å². The number of hydrogen-bond acceptors (Lipinski definition) is 3. The predicted molar refractivity (Wildman–Crippen MR) is 135 cm³/mol. The standard InChI is InChI=1S/C30H46O4/c1-18(9-8-10-19(2)26(33)34)20-13-16-29(6)21-11-12-23-27(3,4)24(31)14-15-28(23,5)22(21)17-25(32)30(20,29)7/h10,17-18,20-21,23,25,32H,8-9,11-16H2,1-7H3,(H,33,34)/b19-10-/t18-,20-,21-,23-,25-,28-,29+,30+/m1/s1. The molecule has 0 aromatic rings. The second-order valence-electron chi connectivity index (χ2n) is 13.4. The van der Waals surface area contributed by atoms with Crippen molar-refractivity contribution in [3.63, 3.8) is 0 Å². The Kier molecular flexibility index (Phi) is 6.28. The maximum atomic E-state index is 12.8. The van der Waals surface area contributed by atoms with Gasteiger partial charge in [0.05, 0.1) is 6.10 Å². The first-order valence-electron chi connectivity index (χ1n) is 13.5. The third kappa shape index (κ3) is 3.41. The molecule has 0 spiro atoms. The molecule has 3 saturated carbocycles. The Bertz CT molecular complexity index is 928. The molecule has 4 rings (SSSR count). The van der Waals surface area contributed by atoms with E-state index < -0.39 is 12.1 Å². The van der Waals surface area contributed by atoms with Gasteiger partial charge in [0.2, 0.25) is 0 Å². The van der Waals surface area contributed by atoms with Gasteiger partial charge in [0.1, 0.15) is 5.78 Å². The number of aliphatic hydroxyl groups excluding tert-OH is 1. The lowest BCUT2D eigenvalue weighted by Gasteiger charge is -2.64. The summed E-state index contributed by atoms with van der Waals surface area (Å²) in [6.45, 7) is 15.4. The van der Waals surface area contributed by atoms with Crippen LogP contribution in [0.3, 0.4) is 0 Å². The quantitative estimate of drug-likeness (QED) is 0.352. The average Bonchev–Trinajstić information content (AvgIpc) is 3.05. The molecule has 0 unspecified atom stereocenters. The number of hydrogen-bond donors (Lipinski definition) is 2. The van der Waals surface area contributed by atoms with Crippen LogP contribution in [0.25, 0.3) is 0 Å². The number of carbonyl (C=O) groups excluding carboxylic acids is 1. The number of carboxylic acid groups (broad SMARTS) is 1. The van der Waals surface area contributed by atoms with Crippen LogP contribution in [0.4, 0.5) is 0 Å². The summed E-state index contributed by atoms with van der Waals surface area (Å²) in [5.41, 5.74) is 1.43. The Labute approximate surface area is 206 Å². The molecule has 0 bridgehead atoms. The lowest BCUT2D eigenvalue weighted by atomic mass is 9.41. The summed E-state index contributed by atoms with van der Waals surface area (Å²) in [5.74, 6) is 1.22. The van der Waals surface area contributed by atoms with Gasteiger partial charge < -0.3 is 10.2 Å². The minimum absolute atomic E-state index is 0.00545. The minimum Gasteiger partial charge on any atom is -0.478 e. The van der Waals surface area contributed by atoms with Gasteiger partial charge in [-0.3, -0.25) is 4.79 Å². The molecule has 0 radical (unpaired) electrons. The summed E-state index contributed by atoms with van der Waals surface area (Å²) >= 11 is 0. The Hall–Kier alpha value is -1.42. The number of aliphatic hydroxyl groups is 1. The third-order valence-corrected chi connectivity index (χ3v) is 11.8. The van der Waals surface area contributed by atoms with Crippen LogP contribution in [-0.2, 0) is 9.59 Å². The Morgan fingerprint density at radius 3 is 2.47 bits per heavy atom. The van der Waals surface area contributed by atoms with E-state index in [1.165, 1.54) is 5.57 Å². The fourth-order valence-electron chi connectivity index (χ4n) is 9.37. The summed E-state index contributed by atoms with van der Waals surface area (Å²) in [7, 11) is 0. The van der Waals surface area contributed by atoms with Gasteiger partial charge in [0.25, 0.3) is 0 Å². The molecule has 2 N–H and O–H groups in total. The number of allylic oxidation sites excluding steroid dienone is 2. The Morgan fingerprint density at radius 2 is 1.82 bits per heavy atom. The first-order chi connectivity index (χ1) is 15.7. The fraction of sp³-hybridized carbons (Fsp3) is 0.800. The number of fused-ring (bicyclic) bond motifs is 5. The molecule has 4 heteroatoms. The molecule has 190 valence electrons. The Balaban J connectivity index is 1.64. The SMILES string of the molecule is C/C(=C/CC[C@@H](C)[C@H]1CC[C@@]2(C)[C@@H]3CC[C@@H]4C(C)(C)C(=O)CC[C@]4(C)C3=C[C@@H](O)[C@]12C)C(=O)O. The lowest BCUT2D eigenvalue weighted by Crippen LogP contribution is -2.60. The maximum Gasteiger partial charge on any atom is 0.330 e. The van der Waals surface area contributed by atoms with E-state index in [1.807, 2.05) is 6.08 Å². The summed E-state index contributed by atoms with van der Waals surface area (Å²) < 4.78 is 0. The van der Waals surface area contributed by atoms with Gasteiger partial charge in [-0.2, -0.15) is 0 Å². The molecule has 0 heterocycles. The van der Waals surface area contributed by atoms with Crippen LogP contribution >= 0.6 is 0 Å². The third-order valence-electron chi connectivity index (χ3n) is 11.8. The second-order valence-corrected chi connectivity index (χ2v) is 13.4. The van der Waals surface area contributed by atoms with Crippen LogP contribution in [0.2, 0.25) is 0 Å². The van der Waals surface area contributed by atoms with Gasteiger partial charge in [-0.25, -0.2) is 4.79 Å². The fourth-order valence-corrected chi connectivity index (χ4v) is 9.37. The van der Waals surface area contributed by atoms with Crippen LogP contribution in [0, 0.1) is 45.3 Å². The molecule has 3 fully saturated rings. The van der Waals surface area contributed by atoms with Gasteiger partial charge in [-0.05, 0) is 86.4 Å². The minimum atomic E-state index is -0.842. The monoisotopic (exact) mass is 470 g/mol. The molecule has 34 heavy (non-hydrogen) atoms. The predicted octanol–water partition coefficient (Wildman–Crippen LogP) is 6.58. The zero-order chi connectivity index (χ0) is 25.3. The largest absolute Gasteiger partial charge is 0.478 e. The number of carboxylic acids is 1. The highest BCUT2D eigenvalue weighted by Crippen LogP contribution is 2.72. The van der Waals surface area contributed by atoms with E-state index in [0.29, 0.717) is 41.4 Å². The van der Waals surface area contributed by atoms with Crippen molar-refractivity contribution in [1.29, 1.82) is 0 Å². The molecule has 8 atom stereocenters. The van der Waals surface area contributed by atoms with Crippen LogP contribution in [0.1, 0.15) is 99.8 Å². The zero-order valence-electron chi connectivity index (χ0n) is 22.4. The van der Waals surface area contributed by atoms with E-state index >= 15 is 0 Å². The van der Waals surface area contributed by atoms with Gasteiger partial charge in [-0.1, -0.05) is 59.3 Å². The topological polar surface area (TPSA) is 74.6 Å². The molecule has 0 aromatic carbocycles. The number of rotatable bonds is 5. The summed E-state index contributed by atoms with van der Waals surface area (Å²) in [6, 6.07) is 0. The molecule has 0 amide bonds. The molecule has 0 saturated heterocycles. The van der Waals surface area contributed by atoms with Crippen molar-refractivity contribution in [2.75, 3.05) is 0 Å². The van der Waals surface area contributed by atoms with E-state index in [0.717, 1.165) is 44.9 Å². The van der Waals surface area contributed by atoms with E-state index in [4.69, 9.17) is 5.11 Å². The van der Waals surface area contributed by atoms with Gasteiger partial charge in [-0.15, -0.1) is 0 Å². The van der Waals surface area contributed by atoms with Gasteiger partial charge in [0.15, 0.2) is 0 Å². The maximum absolute atomic E-state index is 12.8. The number of carbonyl (C=O) groups is 2. The van der Waals surface area contributed by atoms with Crippen molar-refractivity contribution in [1.82, 2.24) is 0 Å². The molecular formula is C30H46O4. The van der Waals surface area contributed by atoms with E-state index in [9.17, 15) is 14.7 Å². The highest BCUT2D eigenvalue weighted by atomic mass is 16.4. The first-order valence-corrected chi connectivity index (χ1v) is 13.5. The zero-order valence-corrected chi connectivity index (χ0v) is 22.4. The van der Waals surface area contributed by atoms with Crippen LogP contribution in [0.5, 0.6) is 0 Å². The number of aliphatic carboxylic acids is 1. The summed E-state index contributed by atoms with van der Waals surface area (Å²) in [6.07, 6.45) is 11.3. The first kappa shape index (κ1) is 25.7. The number of Topliss-reactive ketones (excluding diaryl/α,β-unsaturated/α-hetero) is 1. The Morgan fingerprint density at radius 1 is 1.15 bits per heavy atom. The van der Waals surface area contributed by atoms with E-state index in [1.54, 1.807) is 6.92 Å². The van der Waals surface area contributed by atoms with Crippen molar-refractivity contribution in [3.8, 4) is 0 Å². The van der Waals surface area contributed by atoms with Crippen molar-refractivity contribution in [3.05, 3.63) is 23.3 Å². The molecule has 0 aliphatic heterocycles. The second kappa shape index (κ2) is 8.32. The summed E-state index contributed by atoms with van der Waals surface area (Å²) in [5, 5.41) is 21.0. The van der Waals surface area contributed by atoms with E-state index in [2.05, 4.69) is 47.6 Å². The molecule has 4 aliphatic rings. The van der Waals surface area contributed by atoms with Crippen LogP contribution < -0.4 is 0 Å². The normalized spacial score (nSPS) is 44.5. The van der Waals surface area contributed by atoms with Crippen LogP contribution in [-0.4, -0.2) is 28.1 Å². The lowest BCUT2D eigenvalue weighted by molar-refractivity contribution is -0.146. The van der Waals surface area contributed by atoms with Crippen molar-refractivity contribution in [2.24, 2.45) is 45.3 Å². The molecule has 4 aliphatic carbocycles. The summed E-state index contributed by atoms with van der Waals surface area (Å²) in [4.78, 5) is 24.0. The van der Waals surface area contributed by atoms with Gasteiger partial charge >= 0.3 is 5.97 Å².